The molecule has 0 bridgehead atoms. The second kappa shape index (κ2) is 6.58. The Hall–Kier alpha value is -1.40. The Labute approximate surface area is 125 Å². The summed E-state index contributed by atoms with van der Waals surface area (Å²) in [5, 5.41) is 0. The molecule has 0 spiro atoms. The average molecular weight is 312 g/mol. The highest BCUT2D eigenvalue weighted by Gasteiger charge is 2.30. The normalized spacial score (nSPS) is 22.8. The zero-order valence-corrected chi connectivity index (χ0v) is 13.1. The van der Waals surface area contributed by atoms with Gasteiger partial charge < -0.3 is 4.74 Å². The molecule has 0 aliphatic heterocycles. The van der Waals surface area contributed by atoms with E-state index in [1.165, 1.54) is 7.11 Å². The minimum absolute atomic E-state index is 0.142. The van der Waals surface area contributed by atoms with Crippen LogP contribution in [-0.4, -0.2) is 27.6 Å². The van der Waals surface area contributed by atoms with E-state index in [-0.39, 0.29) is 22.9 Å². The lowest BCUT2D eigenvalue weighted by molar-refractivity contribution is -0.147. The van der Waals surface area contributed by atoms with Crippen molar-refractivity contribution in [2.75, 3.05) is 7.11 Å². The first kappa shape index (κ1) is 16.0. The van der Waals surface area contributed by atoms with Crippen LogP contribution in [0.2, 0.25) is 0 Å². The summed E-state index contributed by atoms with van der Waals surface area (Å²) in [5.41, 5.74) is 0.993. The van der Waals surface area contributed by atoms with Crippen LogP contribution in [0.4, 0.5) is 0 Å². The average Bonchev–Trinajstić information content (AvgIpc) is 2.47. The lowest BCUT2D eigenvalue weighted by atomic mass is 9.88. The van der Waals surface area contributed by atoms with Crippen molar-refractivity contribution in [1.82, 2.24) is 0 Å². The van der Waals surface area contributed by atoms with Gasteiger partial charge in [0.2, 0.25) is 0 Å². The summed E-state index contributed by atoms with van der Waals surface area (Å²) in [5.74, 6) is -0.369. The van der Waals surface area contributed by atoms with Gasteiger partial charge in [-0.1, -0.05) is 17.7 Å². The summed E-state index contributed by atoms with van der Waals surface area (Å²) < 4.78 is 34.3. The molecule has 0 N–H and O–H groups in total. The molecule has 1 aromatic rings. The Morgan fingerprint density at radius 2 is 1.67 bits per heavy atom. The van der Waals surface area contributed by atoms with Crippen LogP contribution in [-0.2, 0) is 23.8 Å². The van der Waals surface area contributed by atoms with Gasteiger partial charge in [-0.25, -0.2) is 0 Å². The molecule has 5 nitrogen and oxygen atoms in total. The van der Waals surface area contributed by atoms with Crippen LogP contribution in [0.3, 0.4) is 0 Å². The minimum Gasteiger partial charge on any atom is -0.469 e. The van der Waals surface area contributed by atoms with Crippen molar-refractivity contribution in [3.8, 4) is 0 Å². The molecule has 0 heterocycles. The second-order valence-corrected chi connectivity index (χ2v) is 6.93. The Kier molecular flexibility index (Phi) is 5.00. The van der Waals surface area contributed by atoms with Gasteiger partial charge in [-0.3, -0.25) is 8.98 Å². The fourth-order valence-electron chi connectivity index (χ4n) is 2.50. The number of esters is 1. The van der Waals surface area contributed by atoms with E-state index in [1.54, 1.807) is 24.3 Å². The lowest BCUT2D eigenvalue weighted by Crippen LogP contribution is -2.28. The van der Waals surface area contributed by atoms with Gasteiger partial charge >= 0.3 is 5.97 Å². The largest absolute Gasteiger partial charge is 0.469 e. The number of aryl methyl sites for hydroxylation is 1. The van der Waals surface area contributed by atoms with Crippen molar-refractivity contribution >= 4 is 16.1 Å². The summed E-state index contributed by atoms with van der Waals surface area (Å²) in [6.07, 6.45) is 1.93. The van der Waals surface area contributed by atoms with Crippen molar-refractivity contribution in [1.29, 1.82) is 0 Å². The number of rotatable bonds is 4. The molecule has 21 heavy (non-hydrogen) atoms. The molecule has 0 amide bonds. The summed E-state index contributed by atoms with van der Waals surface area (Å²) in [7, 11) is -2.37. The maximum absolute atomic E-state index is 12.2. The van der Waals surface area contributed by atoms with E-state index in [0.717, 1.165) is 5.56 Å². The van der Waals surface area contributed by atoms with Crippen LogP contribution in [0.1, 0.15) is 31.2 Å². The van der Waals surface area contributed by atoms with Crippen molar-refractivity contribution in [3.63, 3.8) is 0 Å². The van der Waals surface area contributed by atoms with Gasteiger partial charge in [0.25, 0.3) is 10.1 Å². The molecule has 1 fully saturated rings. The van der Waals surface area contributed by atoms with E-state index in [9.17, 15) is 13.2 Å². The summed E-state index contributed by atoms with van der Waals surface area (Å²) in [4.78, 5) is 11.6. The minimum atomic E-state index is -3.74. The number of carbonyl (C=O) groups excluding carboxylic acids is 1. The Bertz CT molecular complexity index is 583. The molecule has 2 rings (SSSR count). The zero-order valence-electron chi connectivity index (χ0n) is 12.2. The molecule has 0 unspecified atom stereocenters. The van der Waals surface area contributed by atoms with Crippen molar-refractivity contribution in [2.24, 2.45) is 5.92 Å². The maximum Gasteiger partial charge on any atom is 0.308 e. The third-order valence-electron chi connectivity index (χ3n) is 3.78. The first-order chi connectivity index (χ1) is 9.92. The second-order valence-electron chi connectivity index (χ2n) is 5.36. The van der Waals surface area contributed by atoms with Crippen molar-refractivity contribution in [3.05, 3.63) is 29.8 Å². The van der Waals surface area contributed by atoms with Crippen molar-refractivity contribution < 1.29 is 22.1 Å². The summed E-state index contributed by atoms with van der Waals surface area (Å²) in [6.45, 7) is 1.89. The molecule has 1 aliphatic carbocycles. The smallest absolute Gasteiger partial charge is 0.308 e. The van der Waals surface area contributed by atoms with E-state index in [0.29, 0.717) is 25.7 Å². The molecule has 0 atom stereocenters. The summed E-state index contributed by atoms with van der Waals surface area (Å²) >= 11 is 0. The topological polar surface area (TPSA) is 69.7 Å². The highest BCUT2D eigenvalue weighted by molar-refractivity contribution is 7.86. The van der Waals surface area contributed by atoms with Crippen LogP contribution >= 0.6 is 0 Å². The number of carbonyl (C=O) groups is 1. The predicted molar refractivity (Wildman–Crippen MR) is 77.2 cm³/mol. The Balaban J connectivity index is 1.96. The Morgan fingerprint density at radius 3 is 2.19 bits per heavy atom. The molecular weight excluding hydrogens is 292 g/mol. The molecule has 6 heteroatoms. The van der Waals surface area contributed by atoms with Gasteiger partial charge in [0.15, 0.2) is 0 Å². The van der Waals surface area contributed by atoms with Crippen LogP contribution < -0.4 is 0 Å². The van der Waals surface area contributed by atoms with Crippen LogP contribution in [0, 0.1) is 12.8 Å². The number of benzene rings is 1. The van der Waals surface area contributed by atoms with Gasteiger partial charge in [-0.05, 0) is 44.7 Å². The molecule has 0 saturated heterocycles. The van der Waals surface area contributed by atoms with Crippen molar-refractivity contribution in [2.45, 2.75) is 43.6 Å². The predicted octanol–water partition coefficient (Wildman–Crippen LogP) is 2.43. The van der Waals surface area contributed by atoms with E-state index in [4.69, 9.17) is 8.92 Å². The maximum atomic E-state index is 12.2. The van der Waals surface area contributed by atoms with Crippen LogP contribution in [0.15, 0.2) is 29.2 Å². The molecule has 1 aromatic carbocycles. The van der Waals surface area contributed by atoms with Gasteiger partial charge in [0, 0.05) is 0 Å². The lowest BCUT2D eigenvalue weighted by Gasteiger charge is -2.26. The fourth-order valence-corrected chi connectivity index (χ4v) is 3.63. The molecule has 0 radical (unpaired) electrons. The van der Waals surface area contributed by atoms with Gasteiger partial charge in [-0.2, -0.15) is 8.42 Å². The first-order valence-electron chi connectivity index (χ1n) is 7.00. The van der Waals surface area contributed by atoms with E-state index < -0.39 is 10.1 Å². The molecule has 0 aromatic heterocycles. The summed E-state index contributed by atoms with van der Waals surface area (Å²) in [6, 6.07) is 6.57. The van der Waals surface area contributed by atoms with E-state index in [2.05, 4.69) is 0 Å². The standard InChI is InChI=1S/C15H20O5S/c1-11-3-9-14(10-4-11)21(17,18)20-13-7-5-12(6-8-13)15(16)19-2/h3-4,9-10,12-13H,5-8H2,1-2H3. The van der Waals surface area contributed by atoms with Gasteiger partial charge in [-0.15, -0.1) is 0 Å². The highest BCUT2D eigenvalue weighted by Crippen LogP contribution is 2.29. The number of ether oxygens (including phenoxy) is 1. The molecular formula is C15H20O5S. The first-order valence-corrected chi connectivity index (χ1v) is 8.41. The van der Waals surface area contributed by atoms with Gasteiger partial charge in [0.05, 0.1) is 24.0 Å². The van der Waals surface area contributed by atoms with Crippen LogP contribution in [0.5, 0.6) is 0 Å². The van der Waals surface area contributed by atoms with E-state index >= 15 is 0 Å². The molecule has 1 aliphatic rings. The SMILES string of the molecule is COC(=O)C1CCC(OS(=O)(=O)c2ccc(C)cc2)CC1. The van der Waals surface area contributed by atoms with E-state index in [1.807, 2.05) is 6.92 Å². The highest BCUT2D eigenvalue weighted by atomic mass is 32.2. The number of hydrogen-bond acceptors (Lipinski definition) is 5. The number of hydrogen-bond donors (Lipinski definition) is 0. The third-order valence-corrected chi connectivity index (χ3v) is 5.16. The quantitative estimate of drug-likeness (QED) is 0.631. The fraction of sp³-hybridized carbons (Fsp3) is 0.533. The third kappa shape index (κ3) is 4.04. The Morgan fingerprint density at radius 1 is 1.10 bits per heavy atom. The van der Waals surface area contributed by atoms with Crippen LogP contribution in [0.25, 0.3) is 0 Å². The zero-order chi connectivity index (χ0) is 15.5. The molecule has 1 saturated carbocycles. The van der Waals surface area contributed by atoms with Gasteiger partial charge in [0.1, 0.15) is 0 Å². The monoisotopic (exact) mass is 312 g/mol. The molecule has 116 valence electrons. The number of methoxy groups -OCH3 is 1.